The quantitative estimate of drug-likeness (QED) is 0.661. The van der Waals surface area contributed by atoms with Gasteiger partial charge >= 0.3 is 0 Å². The van der Waals surface area contributed by atoms with Gasteiger partial charge in [0.15, 0.2) is 5.17 Å². The summed E-state index contributed by atoms with van der Waals surface area (Å²) < 4.78 is 0. The Kier molecular flexibility index (Phi) is 11.0. The Morgan fingerprint density at radius 2 is 1.94 bits per heavy atom. The van der Waals surface area contributed by atoms with Gasteiger partial charge in [0.2, 0.25) is 0 Å². The van der Waals surface area contributed by atoms with Crippen LogP contribution in [0.1, 0.15) is 12.5 Å². The summed E-state index contributed by atoms with van der Waals surface area (Å²) in [6.45, 7) is 2.53. The first-order valence-corrected chi connectivity index (χ1v) is 5.51. The van der Waals surface area contributed by atoms with Crippen LogP contribution in [0.5, 0.6) is 0 Å². The molecule has 1 aromatic rings. The molecule has 0 unspecified atom stereocenters. The molecule has 16 heavy (non-hydrogen) atoms. The van der Waals surface area contributed by atoms with Crippen LogP contribution in [0, 0.1) is 0 Å². The molecule has 0 atom stereocenters. The van der Waals surface area contributed by atoms with E-state index in [0.29, 0.717) is 11.7 Å². The van der Waals surface area contributed by atoms with Crippen LogP contribution in [0.15, 0.2) is 29.3 Å². The summed E-state index contributed by atoms with van der Waals surface area (Å²) in [6, 6.07) is 7.76. The molecule has 1 aromatic carbocycles. The molecule has 0 radical (unpaired) electrons. The van der Waals surface area contributed by atoms with Crippen LogP contribution < -0.4 is 11.5 Å². The van der Waals surface area contributed by atoms with E-state index < -0.39 is 0 Å². The average Bonchev–Trinajstić information content (AvgIpc) is 2.19. The topological polar surface area (TPSA) is 64.4 Å². The maximum atomic E-state index is 5.71. The van der Waals surface area contributed by atoms with Crippen LogP contribution in [0.2, 0.25) is 0 Å². The molecule has 0 saturated carbocycles. The van der Waals surface area contributed by atoms with Crippen LogP contribution >= 0.6 is 36.6 Å². The lowest BCUT2D eigenvalue weighted by Gasteiger charge is -2.03. The molecule has 0 saturated heterocycles. The van der Waals surface area contributed by atoms with Gasteiger partial charge in [-0.25, -0.2) is 4.99 Å². The molecular weight excluding hydrogens is 265 g/mol. The van der Waals surface area contributed by atoms with E-state index >= 15 is 0 Å². The molecule has 0 heterocycles. The van der Waals surface area contributed by atoms with E-state index in [2.05, 4.69) is 4.99 Å². The highest BCUT2D eigenvalue weighted by atomic mass is 35.5. The molecular formula is C10H17Cl2N3S. The molecule has 0 fully saturated rings. The van der Waals surface area contributed by atoms with E-state index in [4.69, 9.17) is 11.5 Å². The molecule has 0 bridgehead atoms. The number of aliphatic imine (C=N–C) groups is 1. The first kappa shape index (κ1) is 18.0. The fraction of sp³-hybridized carbons (Fsp3) is 0.300. The third-order valence-corrected chi connectivity index (χ3v) is 2.41. The Morgan fingerprint density at radius 1 is 1.31 bits per heavy atom. The van der Waals surface area contributed by atoms with E-state index in [-0.39, 0.29) is 24.8 Å². The van der Waals surface area contributed by atoms with Crippen molar-refractivity contribution in [2.75, 3.05) is 5.75 Å². The van der Waals surface area contributed by atoms with Gasteiger partial charge < -0.3 is 11.5 Å². The Hall–Kier alpha value is -0.420. The van der Waals surface area contributed by atoms with Gasteiger partial charge in [-0.15, -0.1) is 24.8 Å². The summed E-state index contributed by atoms with van der Waals surface area (Å²) in [5.74, 6) is 0.931. The molecule has 0 spiro atoms. The zero-order valence-electron chi connectivity index (χ0n) is 9.05. The van der Waals surface area contributed by atoms with Crippen molar-refractivity contribution in [3.8, 4) is 0 Å². The third-order valence-electron chi connectivity index (χ3n) is 1.73. The van der Waals surface area contributed by atoms with E-state index in [9.17, 15) is 0 Å². The highest BCUT2D eigenvalue weighted by molar-refractivity contribution is 8.13. The molecule has 0 amide bonds. The molecule has 0 aliphatic heterocycles. The zero-order valence-corrected chi connectivity index (χ0v) is 11.5. The minimum absolute atomic E-state index is 0. The number of thioether (sulfide) groups is 1. The molecule has 92 valence electrons. The van der Waals surface area contributed by atoms with Crippen LogP contribution in [0.3, 0.4) is 0 Å². The minimum Gasteiger partial charge on any atom is -0.378 e. The number of nitrogens with two attached hydrogens (primary N) is 2. The van der Waals surface area contributed by atoms with Gasteiger partial charge in [0.25, 0.3) is 0 Å². The second-order valence-electron chi connectivity index (χ2n) is 2.72. The molecule has 6 heteroatoms. The van der Waals surface area contributed by atoms with E-state index in [1.54, 1.807) is 0 Å². The number of nitrogens with zero attached hydrogens (tertiary/aromatic N) is 1. The van der Waals surface area contributed by atoms with E-state index in [0.717, 1.165) is 17.0 Å². The Morgan fingerprint density at radius 3 is 2.50 bits per heavy atom. The van der Waals surface area contributed by atoms with Crippen LogP contribution in [-0.4, -0.2) is 10.9 Å². The van der Waals surface area contributed by atoms with Crippen LogP contribution in [0.4, 0.5) is 5.69 Å². The fourth-order valence-electron chi connectivity index (χ4n) is 1.09. The van der Waals surface area contributed by atoms with Gasteiger partial charge in [-0.05, 0) is 17.4 Å². The Labute approximate surface area is 113 Å². The summed E-state index contributed by atoms with van der Waals surface area (Å²) in [5, 5.41) is 0.591. The predicted molar refractivity (Wildman–Crippen MR) is 78.2 cm³/mol. The number of para-hydroxylation sites is 1. The van der Waals surface area contributed by atoms with Crippen LogP contribution in [0.25, 0.3) is 0 Å². The van der Waals surface area contributed by atoms with E-state index in [1.165, 1.54) is 11.8 Å². The van der Waals surface area contributed by atoms with Gasteiger partial charge in [-0.2, -0.15) is 0 Å². The van der Waals surface area contributed by atoms with Gasteiger partial charge in [-0.3, -0.25) is 0 Å². The fourth-order valence-corrected chi connectivity index (χ4v) is 1.55. The molecule has 0 aliphatic rings. The number of benzene rings is 1. The highest BCUT2D eigenvalue weighted by Crippen LogP contribution is 2.19. The van der Waals surface area contributed by atoms with Crippen molar-refractivity contribution in [1.82, 2.24) is 0 Å². The standard InChI is InChI=1S/C10H15N3S.2ClH/c1-2-14-10(12)13-9-6-4-3-5-8(9)7-11;;/h3-6H,2,7,11H2,1H3,(H2,12,13);2*1H. The van der Waals surface area contributed by atoms with Gasteiger partial charge in [-0.1, -0.05) is 36.9 Å². The second-order valence-corrected chi connectivity index (χ2v) is 4.00. The zero-order chi connectivity index (χ0) is 10.4. The number of rotatable bonds is 3. The van der Waals surface area contributed by atoms with Gasteiger partial charge in [0, 0.05) is 6.54 Å². The lowest BCUT2D eigenvalue weighted by atomic mass is 10.2. The Balaban J connectivity index is 0. The van der Waals surface area contributed by atoms with Crippen molar-refractivity contribution in [2.45, 2.75) is 13.5 Å². The smallest absolute Gasteiger partial charge is 0.159 e. The van der Waals surface area contributed by atoms with Gasteiger partial charge in [0.1, 0.15) is 0 Å². The van der Waals surface area contributed by atoms with Crippen molar-refractivity contribution in [2.24, 2.45) is 16.5 Å². The summed E-state index contributed by atoms with van der Waals surface area (Å²) in [4.78, 5) is 4.30. The van der Waals surface area contributed by atoms with Gasteiger partial charge in [0.05, 0.1) is 5.69 Å². The molecule has 0 aliphatic carbocycles. The lowest BCUT2D eigenvalue weighted by Crippen LogP contribution is -2.06. The first-order chi connectivity index (χ1) is 6.77. The molecule has 1 rings (SSSR count). The predicted octanol–water partition coefficient (Wildman–Crippen LogP) is 2.69. The lowest BCUT2D eigenvalue weighted by molar-refractivity contribution is 1.07. The normalized spacial score (nSPS) is 10.2. The van der Waals surface area contributed by atoms with Crippen molar-refractivity contribution < 1.29 is 0 Å². The highest BCUT2D eigenvalue weighted by Gasteiger charge is 1.98. The monoisotopic (exact) mass is 281 g/mol. The van der Waals surface area contributed by atoms with Crippen molar-refractivity contribution in [3.63, 3.8) is 0 Å². The summed E-state index contributed by atoms with van der Waals surface area (Å²) in [5.41, 5.74) is 13.2. The summed E-state index contributed by atoms with van der Waals surface area (Å²) in [7, 11) is 0. The minimum atomic E-state index is 0. The summed E-state index contributed by atoms with van der Waals surface area (Å²) in [6.07, 6.45) is 0. The van der Waals surface area contributed by atoms with Crippen molar-refractivity contribution in [1.29, 1.82) is 0 Å². The average molecular weight is 282 g/mol. The third kappa shape index (κ3) is 5.61. The first-order valence-electron chi connectivity index (χ1n) is 4.52. The molecule has 3 nitrogen and oxygen atoms in total. The van der Waals surface area contributed by atoms with E-state index in [1.807, 2.05) is 31.2 Å². The SMILES string of the molecule is CCSC(N)=Nc1ccccc1CN.Cl.Cl. The number of halogens is 2. The maximum Gasteiger partial charge on any atom is 0.159 e. The number of hydrogen-bond acceptors (Lipinski definition) is 3. The van der Waals surface area contributed by atoms with Crippen molar-refractivity contribution >= 4 is 47.4 Å². The molecule has 4 N–H and O–H groups in total. The maximum absolute atomic E-state index is 5.71. The number of amidine groups is 1. The Bertz CT molecular complexity index is 332. The number of hydrogen-bond donors (Lipinski definition) is 2. The van der Waals surface area contributed by atoms with Crippen LogP contribution in [-0.2, 0) is 6.54 Å². The molecule has 0 aromatic heterocycles. The largest absolute Gasteiger partial charge is 0.378 e. The summed E-state index contributed by atoms with van der Waals surface area (Å²) >= 11 is 1.53. The van der Waals surface area contributed by atoms with Crippen molar-refractivity contribution in [3.05, 3.63) is 29.8 Å². The second kappa shape index (κ2) is 9.78.